The number of nitrogens with one attached hydrogen (secondary N) is 2. The van der Waals surface area contributed by atoms with E-state index in [0.717, 1.165) is 11.3 Å². The highest BCUT2D eigenvalue weighted by Gasteiger charge is 2.10. The summed E-state index contributed by atoms with van der Waals surface area (Å²) in [7, 11) is 0. The summed E-state index contributed by atoms with van der Waals surface area (Å²) in [6.07, 6.45) is 1.44. The molecule has 0 unspecified atom stereocenters. The number of aryl methyl sites for hydroxylation is 2. The number of hydrogen-bond donors (Lipinski definition) is 2. The normalized spacial score (nSPS) is 10.0. The fourth-order valence-corrected chi connectivity index (χ4v) is 1.76. The van der Waals surface area contributed by atoms with E-state index in [9.17, 15) is 4.79 Å². The van der Waals surface area contributed by atoms with Crippen molar-refractivity contribution < 1.29 is 9.21 Å². The van der Waals surface area contributed by atoms with Crippen LogP contribution in [0.5, 0.6) is 0 Å². The molecule has 0 radical (unpaired) electrons. The van der Waals surface area contributed by atoms with Gasteiger partial charge in [-0.2, -0.15) is 0 Å². The van der Waals surface area contributed by atoms with Gasteiger partial charge in [-0.25, -0.2) is 0 Å². The van der Waals surface area contributed by atoms with Crippen LogP contribution in [0, 0.1) is 13.8 Å². The Kier molecular flexibility index (Phi) is 3.97. The van der Waals surface area contributed by atoms with Gasteiger partial charge in [-0.1, -0.05) is 6.07 Å². The maximum absolute atomic E-state index is 11.7. The van der Waals surface area contributed by atoms with Gasteiger partial charge in [0.1, 0.15) is 0 Å². The van der Waals surface area contributed by atoms with Gasteiger partial charge in [0.25, 0.3) is 5.91 Å². The summed E-state index contributed by atoms with van der Waals surface area (Å²) >= 11 is 5.08. The van der Waals surface area contributed by atoms with E-state index in [1.165, 1.54) is 11.8 Å². The maximum atomic E-state index is 11.7. The van der Waals surface area contributed by atoms with Gasteiger partial charge in [0.05, 0.1) is 6.26 Å². The van der Waals surface area contributed by atoms with Gasteiger partial charge in [-0.3, -0.25) is 10.1 Å². The number of hydrogen-bond acceptors (Lipinski definition) is 3. The molecule has 0 aliphatic rings. The van der Waals surface area contributed by atoms with Crippen molar-refractivity contribution in [2.75, 3.05) is 5.32 Å². The number of amides is 1. The summed E-state index contributed by atoms with van der Waals surface area (Å²) in [5.41, 5.74) is 3.20. The molecule has 1 heterocycles. The van der Waals surface area contributed by atoms with Crippen molar-refractivity contribution >= 4 is 28.9 Å². The molecule has 0 aliphatic carbocycles. The lowest BCUT2D eigenvalue weighted by atomic mass is 10.1. The summed E-state index contributed by atoms with van der Waals surface area (Å²) in [6.45, 7) is 4.06. The smallest absolute Gasteiger partial charge is 0.293 e. The quantitative estimate of drug-likeness (QED) is 0.827. The second kappa shape index (κ2) is 5.67. The van der Waals surface area contributed by atoms with Gasteiger partial charge in [0, 0.05) is 5.69 Å². The van der Waals surface area contributed by atoms with E-state index in [2.05, 4.69) is 10.6 Å². The first-order chi connectivity index (χ1) is 9.06. The number of benzene rings is 1. The molecule has 19 heavy (non-hydrogen) atoms. The van der Waals surface area contributed by atoms with Gasteiger partial charge in [0.15, 0.2) is 10.9 Å². The van der Waals surface area contributed by atoms with Crippen LogP contribution < -0.4 is 10.6 Å². The minimum Gasteiger partial charge on any atom is -0.459 e. The maximum Gasteiger partial charge on any atom is 0.293 e. The zero-order valence-electron chi connectivity index (χ0n) is 10.7. The fourth-order valence-electron chi connectivity index (χ4n) is 1.55. The third-order valence-electron chi connectivity index (χ3n) is 2.74. The molecule has 0 spiro atoms. The van der Waals surface area contributed by atoms with Crippen molar-refractivity contribution in [3.8, 4) is 0 Å². The monoisotopic (exact) mass is 274 g/mol. The van der Waals surface area contributed by atoms with E-state index >= 15 is 0 Å². The van der Waals surface area contributed by atoms with Crippen LogP contribution in [-0.4, -0.2) is 11.0 Å². The Morgan fingerprint density at radius 2 is 2.00 bits per heavy atom. The molecule has 0 atom stereocenters. The van der Waals surface area contributed by atoms with Crippen LogP contribution in [-0.2, 0) is 0 Å². The summed E-state index contributed by atoms with van der Waals surface area (Å²) in [5.74, 6) is -0.143. The lowest BCUT2D eigenvalue weighted by Crippen LogP contribution is -2.33. The first-order valence-electron chi connectivity index (χ1n) is 5.79. The molecule has 0 aliphatic heterocycles. The van der Waals surface area contributed by atoms with Crippen LogP contribution in [0.4, 0.5) is 5.69 Å². The summed E-state index contributed by atoms with van der Waals surface area (Å²) < 4.78 is 4.98. The number of rotatable bonds is 2. The second-order valence-electron chi connectivity index (χ2n) is 4.18. The van der Waals surface area contributed by atoms with Gasteiger partial charge < -0.3 is 9.73 Å². The summed E-state index contributed by atoms with van der Waals surface area (Å²) in [5, 5.41) is 5.75. The average molecular weight is 274 g/mol. The SMILES string of the molecule is Cc1ccc(NC(=S)NC(=O)c2ccco2)cc1C. The molecule has 5 heteroatoms. The van der Waals surface area contributed by atoms with Crippen LogP contribution >= 0.6 is 12.2 Å². The summed E-state index contributed by atoms with van der Waals surface area (Å²) in [4.78, 5) is 11.7. The average Bonchev–Trinajstić information content (AvgIpc) is 2.87. The van der Waals surface area contributed by atoms with E-state index in [1.807, 2.05) is 32.0 Å². The molecule has 98 valence electrons. The Labute approximate surface area is 116 Å². The zero-order chi connectivity index (χ0) is 13.8. The van der Waals surface area contributed by atoms with E-state index in [1.54, 1.807) is 12.1 Å². The van der Waals surface area contributed by atoms with Crippen molar-refractivity contribution in [3.63, 3.8) is 0 Å². The molecule has 0 saturated heterocycles. The van der Waals surface area contributed by atoms with E-state index < -0.39 is 0 Å². The van der Waals surface area contributed by atoms with Gasteiger partial charge in [-0.15, -0.1) is 0 Å². The van der Waals surface area contributed by atoms with Gasteiger partial charge in [-0.05, 0) is 61.5 Å². The van der Waals surface area contributed by atoms with E-state index in [-0.39, 0.29) is 16.8 Å². The van der Waals surface area contributed by atoms with Crippen LogP contribution in [0.1, 0.15) is 21.7 Å². The minimum atomic E-state index is -0.369. The highest BCUT2D eigenvalue weighted by molar-refractivity contribution is 7.80. The van der Waals surface area contributed by atoms with Crippen molar-refractivity contribution in [2.45, 2.75) is 13.8 Å². The van der Waals surface area contributed by atoms with Crippen LogP contribution in [0.3, 0.4) is 0 Å². The Balaban J connectivity index is 1.98. The minimum absolute atomic E-state index is 0.226. The largest absolute Gasteiger partial charge is 0.459 e. The van der Waals surface area contributed by atoms with Crippen LogP contribution in [0.15, 0.2) is 41.0 Å². The molecule has 2 rings (SSSR count). The van der Waals surface area contributed by atoms with E-state index in [0.29, 0.717) is 0 Å². The number of carbonyl (C=O) groups excluding carboxylic acids is 1. The van der Waals surface area contributed by atoms with Crippen molar-refractivity contribution in [1.82, 2.24) is 5.32 Å². The molecule has 2 aromatic rings. The highest BCUT2D eigenvalue weighted by Crippen LogP contribution is 2.14. The van der Waals surface area contributed by atoms with Crippen molar-refractivity contribution in [1.29, 1.82) is 0 Å². The number of furan rings is 1. The predicted octanol–water partition coefficient (Wildman–Crippen LogP) is 3.02. The van der Waals surface area contributed by atoms with Gasteiger partial charge >= 0.3 is 0 Å². The van der Waals surface area contributed by atoms with Crippen molar-refractivity contribution in [2.24, 2.45) is 0 Å². The fraction of sp³-hybridized carbons (Fsp3) is 0.143. The van der Waals surface area contributed by atoms with Crippen LogP contribution in [0.25, 0.3) is 0 Å². The van der Waals surface area contributed by atoms with Crippen LogP contribution in [0.2, 0.25) is 0 Å². The Morgan fingerprint density at radius 1 is 1.21 bits per heavy atom. The molecule has 4 nitrogen and oxygen atoms in total. The molecule has 0 fully saturated rings. The van der Waals surface area contributed by atoms with Gasteiger partial charge in [0.2, 0.25) is 0 Å². The number of anilines is 1. The lowest BCUT2D eigenvalue weighted by Gasteiger charge is -2.10. The number of thiocarbonyl (C=S) groups is 1. The Hall–Kier alpha value is -2.14. The molecule has 1 aromatic heterocycles. The first-order valence-corrected chi connectivity index (χ1v) is 6.20. The lowest BCUT2D eigenvalue weighted by molar-refractivity contribution is 0.0950. The van der Waals surface area contributed by atoms with Crippen molar-refractivity contribution in [3.05, 3.63) is 53.5 Å². The molecule has 0 bridgehead atoms. The molecule has 0 saturated carbocycles. The Morgan fingerprint density at radius 3 is 2.63 bits per heavy atom. The topological polar surface area (TPSA) is 54.3 Å². The Bertz CT molecular complexity index is 606. The highest BCUT2D eigenvalue weighted by atomic mass is 32.1. The predicted molar refractivity (Wildman–Crippen MR) is 78.3 cm³/mol. The third-order valence-corrected chi connectivity index (χ3v) is 2.94. The molecule has 2 N–H and O–H groups in total. The second-order valence-corrected chi connectivity index (χ2v) is 4.59. The van der Waals surface area contributed by atoms with E-state index in [4.69, 9.17) is 16.6 Å². The standard InChI is InChI=1S/C14H14N2O2S/c1-9-5-6-11(8-10(9)2)15-14(19)16-13(17)12-4-3-7-18-12/h3-8H,1-2H3,(H2,15,16,17,19). The molecule has 1 amide bonds. The third kappa shape index (κ3) is 3.42. The zero-order valence-corrected chi connectivity index (χ0v) is 11.5. The number of carbonyl (C=O) groups is 1. The molecular formula is C14H14N2O2S. The summed E-state index contributed by atoms with van der Waals surface area (Å²) in [6, 6.07) is 9.10. The molecule has 1 aromatic carbocycles. The first kappa shape index (κ1) is 13.3. The molecular weight excluding hydrogens is 260 g/mol.